The number of hydrogen-bond acceptors (Lipinski definition) is 3. The molecule has 3 nitrogen and oxygen atoms in total. The molecule has 1 heterocycles. The minimum atomic E-state index is 0.371. The Bertz CT molecular complexity index is 364. The molecule has 1 N–H and O–H groups in total. The number of pyridine rings is 1. The minimum absolute atomic E-state index is 0.371. The second-order valence-corrected chi connectivity index (χ2v) is 5.42. The number of aromatic nitrogens is 1. The molecule has 1 aliphatic rings. The highest BCUT2D eigenvalue weighted by Gasteiger charge is 2.22. The second-order valence-electron chi connectivity index (χ2n) is 5.42. The van der Waals surface area contributed by atoms with Crippen molar-refractivity contribution in [1.82, 2.24) is 10.3 Å². The van der Waals surface area contributed by atoms with Crippen molar-refractivity contribution in [2.24, 2.45) is 0 Å². The standard InChI is InChI=1S/C16H27N3/c1-4-15(17-3)16-11-10-14(12-18-16)19(5-2)13-8-6-7-9-13/h10-13,15,17H,4-9H2,1-3H3. The topological polar surface area (TPSA) is 28.2 Å². The third-order valence-electron chi connectivity index (χ3n) is 4.32. The van der Waals surface area contributed by atoms with Crippen LogP contribution in [0.2, 0.25) is 0 Å². The maximum absolute atomic E-state index is 4.66. The molecule has 0 radical (unpaired) electrons. The summed E-state index contributed by atoms with van der Waals surface area (Å²) in [6, 6.07) is 5.52. The van der Waals surface area contributed by atoms with Gasteiger partial charge in [-0.1, -0.05) is 19.8 Å². The van der Waals surface area contributed by atoms with Crippen LogP contribution in [-0.2, 0) is 0 Å². The van der Waals surface area contributed by atoms with Crippen molar-refractivity contribution in [3.8, 4) is 0 Å². The summed E-state index contributed by atoms with van der Waals surface area (Å²) in [5.41, 5.74) is 2.43. The van der Waals surface area contributed by atoms with Crippen LogP contribution in [0.5, 0.6) is 0 Å². The zero-order valence-electron chi connectivity index (χ0n) is 12.5. The van der Waals surface area contributed by atoms with Gasteiger partial charge in [-0.2, -0.15) is 0 Å². The van der Waals surface area contributed by atoms with E-state index in [1.165, 1.54) is 31.4 Å². The number of rotatable bonds is 6. The fourth-order valence-corrected chi connectivity index (χ4v) is 3.20. The molecule has 3 heteroatoms. The highest BCUT2D eigenvalue weighted by atomic mass is 15.2. The lowest BCUT2D eigenvalue weighted by Crippen LogP contribution is -2.33. The second kappa shape index (κ2) is 6.90. The summed E-state index contributed by atoms with van der Waals surface area (Å²) in [5.74, 6) is 0. The Hall–Kier alpha value is -1.09. The average molecular weight is 261 g/mol. The van der Waals surface area contributed by atoms with Gasteiger partial charge in [-0.25, -0.2) is 0 Å². The lowest BCUT2D eigenvalue weighted by Gasteiger charge is -2.30. The Morgan fingerprint density at radius 3 is 2.53 bits per heavy atom. The van der Waals surface area contributed by atoms with Gasteiger partial charge in [0.15, 0.2) is 0 Å². The molecule has 19 heavy (non-hydrogen) atoms. The predicted octanol–water partition coefficient (Wildman–Crippen LogP) is 3.52. The first-order valence-corrected chi connectivity index (χ1v) is 7.70. The molecule has 0 aromatic carbocycles. The van der Waals surface area contributed by atoms with Crippen LogP contribution in [0, 0.1) is 0 Å². The van der Waals surface area contributed by atoms with E-state index >= 15 is 0 Å². The van der Waals surface area contributed by atoms with Crippen LogP contribution < -0.4 is 10.2 Å². The van der Waals surface area contributed by atoms with E-state index in [2.05, 4.69) is 47.4 Å². The summed E-state index contributed by atoms with van der Waals surface area (Å²) in [4.78, 5) is 7.17. The molecule has 0 saturated heterocycles. The maximum Gasteiger partial charge on any atom is 0.0574 e. The van der Waals surface area contributed by atoms with Crippen molar-refractivity contribution < 1.29 is 0 Å². The van der Waals surface area contributed by atoms with Crippen molar-refractivity contribution in [2.45, 2.75) is 58.0 Å². The van der Waals surface area contributed by atoms with Crippen molar-refractivity contribution >= 4 is 5.69 Å². The molecule has 106 valence electrons. The molecule has 0 amide bonds. The Morgan fingerprint density at radius 2 is 2.05 bits per heavy atom. The van der Waals surface area contributed by atoms with Crippen LogP contribution in [0.3, 0.4) is 0 Å². The van der Waals surface area contributed by atoms with E-state index in [0.29, 0.717) is 6.04 Å². The summed E-state index contributed by atoms with van der Waals surface area (Å²) >= 11 is 0. The van der Waals surface area contributed by atoms with E-state index in [4.69, 9.17) is 0 Å². The first kappa shape index (κ1) is 14.3. The Balaban J connectivity index is 2.11. The van der Waals surface area contributed by atoms with Gasteiger partial charge in [-0.05, 0) is 45.4 Å². The lowest BCUT2D eigenvalue weighted by molar-refractivity contribution is 0.560. The summed E-state index contributed by atoms with van der Waals surface area (Å²) < 4.78 is 0. The lowest BCUT2D eigenvalue weighted by atomic mass is 10.1. The highest BCUT2D eigenvalue weighted by molar-refractivity contribution is 5.46. The van der Waals surface area contributed by atoms with Gasteiger partial charge >= 0.3 is 0 Å². The van der Waals surface area contributed by atoms with E-state index in [9.17, 15) is 0 Å². The predicted molar refractivity (Wildman–Crippen MR) is 81.6 cm³/mol. The summed E-state index contributed by atoms with van der Waals surface area (Å²) in [5, 5.41) is 3.31. The van der Waals surface area contributed by atoms with Gasteiger partial charge in [0.2, 0.25) is 0 Å². The molecule has 1 unspecified atom stereocenters. The zero-order chi connectivity index (χ0) is 13.7. The Kier molecular flexibility index (Phi) is 5.20. The van der Waals surface area contributed by atoms with Crippen molar-refractivity contribution in [3.63, 3.8) is 0 Å². The van der Waals surface area contributed by atoms with Crippen molar-refractivity contribution in [2.75, 3.05) is 18.5 Å². The Morgan fingerprint density at radius 1 is 1.32 bits per heavy atom. The zero-order valence-corrected chi connectivity index (χ0v) is 12.5. The SMILES string of the molecule is CCC(NC)c1ccc(N(CC)C2CCCC2)cn1. The van der Waals surface area contributed by atoms with Crippen LogP contribution in [0.4, 0.5) is 5.69 Å². The van der Waals surface area contributed by atoms with Gasteiger partial charge in [0, 0.05) is 18.6 Å². The first-order valence-electron chi connectivity index (χ1n) is 7.70. The summed E-state index contributed by atoms with van der Waals surface area (Å²) in [6.07, 6.45) is 8.56. The number of nitrogens with one attached hydrogen (secondary N) is 1. The number of hydrogen-bond donors (Lipinski definition) is 1. The summed E-state index contributed by atoms with van der Waals surface area (Å²) in [7, 11) is 2.00. The molecular formula is C16H27N3. The molecule has 0 spiro atoms. The smallest absolute Gasteiger partial charge is 0.0574 e. The molecule has 1 atom stereocenters. The third-order valence-corrected chi connectivity index (χ3v) is 4.32. The molecule has 1 aromatic rings. The molecule has 1 aromatic heterocycles. The molecule has 0 aliphatic heterocycles. The van der Waals surface area contributed by atoms with Crippen LogP contribution in [-0.4, -0.2) is 24.6 Å². The molecular weight excluding hydrogens is 234 g/mol. The van der Waals surface area contributed by atoms with Gasteiger partial charge in [0.05, 0.1) is 17.6 Å². The van der Waals surface area contributed by atoms with Crippen molar-refractivity contribution in [3.05, 3.63) is 24.0 Å². The minimum Gasteiger partial charge on any atom is -0.368 e. The number of nitrogens with zero attached hydrogens (tertiary/aromatic N) is 2. The van der Waals surface area contributed by atoms with Crippen LogP contribution in [0.25, 0.3) is 0 Å². The maximum atomic E-state index is 4.66. The largest absolute Gasteiger partial charge is 0.368 e. The highest BCUT2D eigenvalue weighted by Crippen LogP contribution is 2.28. The van der Waals surface area contributed by atoms with Gasteiger partial charge in [0.1, 0.15) is 0 Å². The van der Waals surface area contributed by atoms with Crippen molar-refractivity contribution in [1.29, 1.82) is 0 Å². The third kappa shape index (κ3) is 3.27. The summed E-state index contributed by atoms with van der Waals surface area (Å²) in [6.45, 7) is 5.51. The van der Waals surface area contributed by atoms with E-state index in [1.54, 1.807) is 0 Å². The van der Waals surface area contributed by atoms with Gasteiger partial charge in [-0.15, -0.1) is 0 Å². The van der Waals surface area contributed by atoms with E-state index in [-0.39, 0.29) is 0 Å². The van der Waals surface area contributed by atoms with Crippen LogP contribution in [0.1, 0.15) is 57.7 Å². The number of anilines is 1. The molecule has 0 bridgehead atoms. The average Bonchev–Trinajstić information content (AvgIpc) is 2.97. The van der Waals surface area contributed by atoms with E-state index < -0.39 is 0 Å². The van der Waals surface area contributed by atoms with E-state index in [1.807, 2.05) is 7.05 Å². The molecule has 1 aliphatic carbocycles. The van der Waals surface area contributed by atoms with Crippen LogP contribution in [0.15, 0.2) is 18.3 Å². The van der Waals surface area contributed by atoms with E-state index in [0.717, 1.165) is 24.7 Å². The monoisotopic (exact) mass is 261 g/mol. The molecule has 1 fully saturated rings. The first-order chi connectivity index (χ1) is 9.30. The molecule has 1 saturated carbocycles. The van der Waals surface area contributed by atoms with Gasteiger partial charge in [-0.3, -0.25) is 4.98 Å². The van der Waals surface area contributed by atoms with Gasteiger partial charge < -0.3 is 10.2 Å². The van der Waals surface area contributed by atoms with Gasteiger partial charge in [0.25, 0.3) is 0 Å². The quantitative estimate of drug-likeness (QED) is 0.849. The molecule has 2 rings (SSSR count). The fraction of sp³-hybridized carbons (Fsp3) is 0.688. The fourth-order valence-electron chi connectivity index (χ4n) is 3.20. The Labute approximate surface area is 117 Å². The van der Waals surface area contributed by atoms with Crippen LogP contribution >= 0.6 is 0 Å². The normalized spacial score (nSPS) is 17.6.